The van der Waals surface area contributed by atoms with Gasteiger partial charge in [-0.1, -0.05) is 0 Å². The molecule has 1 aromatic carbocycles. The van der Waals surface area contributed by atoms with Crippen LogP contribution in [0, 0.1) is 11.6 Å². The third kappa shape index (κ3) is 6.23. The Labute approximate surface area is 141 Å². The van der Waals surface area contributed by atoms with E-state index in [0.717, 1.165) is 12.1 Å². The van der Waals surface area contributed by atoms with Crippen LogP contribution in [0.4, 0.5) is 8.78 Å². The number of benzene rings is 1. The van der Waals surface area contributed by atoms with Crippen molar-refractivity contribution in [3.05, 3.63) is 35.4 Å². The van der Waals surface area contributed by atoms with Crippen molar-refractivity contribution < 1.29 is 18.4 Å². The SMILES string of the molecule is CC(C)N(CCNC(=O)CNC(=O)c1ccc(F)cc1F)C(C)C. The number of hydrogen-bond acceptors (Lipinski definition) is 3. The zero-order valence-corrected chi connectivity index (χ0v) is 14.5. The topological polar surface area (TPSA) is 61.4 Å². The van der Waals surface area contributed by atoms with Gasteiger partial charge in [-0.15, -0.1) is 0 Å². The second-order valence-corrected chi connectivity index (χ2v) is 6.08. The lowest BCUT2D eigenvalue weighted by Gasteiger charge is -2.30. The van der Waals surface area contributed by atoms with E-state index in [1.807, 2.05) is 0 Å². The van der Waals surface area contributed by atoms with E-state index in [4.69, 9.17) is 0 Å². The van der Waals surface area contributed by atoms with Gasteiger partial charge in [-0.25, -0.2) is 8.78 Å². The van der Waals surface area contributed by atoms with Crippen molar-refractivity contribution in [3.63, 3.8) is 0 Å². The molecule has 0 radical (unpaired) electrons. The number of carbonyl (C=O) groups is 2. The monoisotopic (exact) mass is 341 g/mol. The highest BCUT2D eigenvalue weighted by atomic mass is 19.1. The molecule has 0 saturated carbocycles. The molecule has 0 fully saturated rings. The molecule has 0 heterocycles. The standard InChI is InChI=1S/C17H25F2N3O2/c1-11(2)22(12(3)4)8-7-20-16(23)10-21-17(24)14-6-5-13(18)9-15(14)19/h5-6,9,11-12H,7-8,10H2,1-4H3,(H,20,23)(H,21,24). The van der Waals surface area contributed by atoms with Crippen LogP contribution in [-0.4, -0.2) is 48.4 Å². The van der Waals surface area contributed by atoms with Crippen LogP contribution in [0.5, 0.6) is 0 Å². The molecule has 2 amide bonds. The van der Waals surface area contributed by atoms with Crippen LogP contribution in [0.2, 0.25) is 0 Å². The Morgan fingerprint density at radius 2 is 1.71 bits per heavy atom. The lowest BCUT2D eigenvalue weighted by molar-refractivity contribution is -0.120. The molecule has 2 N–H and O–H groups in total. The van der Waals surface area contributed by atoms with E-state index in [0.29, 0.717) is 31.2 Å². The number of nitrogens with zero attached hydrogens (tertiary/aromatic N) is 1. The highest BCUT2D eigenvalue weighted by Gasteiger charge is 2.15. The summed E-state index contributed by atoms with van der Waals surface area (Å²) in [5.74, 6) is -2.84. The molecule has 0 spiro atoms. The quantitative estimate of drug-likeness (QED) is 0.759. The van der Waals surface area contributed by atoms with Crippen molar-refractivity contribution in [2.24, 2.45) is 0 Å². The highest BCUT2D eigenvalue weighted by Crippen LogP contribution is 2.09. The van der Waals surface area contributed by atoms with Gasteiger partial charge >= 0.3 is 0 Å². The summed E-state index contributed by atoms with van der Waals surface area (Å²) in [5, 5.41) is 5.02. The minimum absolute atomic E-state index is 0.265. The van der Waals surface area contributed by atoms with Gasteiger partial charge in [0.05, 0.1) is 12.1 Å². The molecular weight excluding hydrogens is 316 g/mol. The summed E-state index contributed by atoms with van der Waals surface area (Å²) in [4.78, 5) is 25.7. The molecule has 0 aliphatic carbocycles. The molecule has 0 aliphatic heterocycles. The van der Waals surface area contributed by atoms with E-state index in [-0.39, 0.29) is 18.0 Å². The largest absolute Gasteiger partial charge is 0.353 e. The number of rotatable bonds is 8. The van der Waals surface area contributed by atoms with Crippen molar-refractivity contribution in [2.45, 2.75) is 39.8 Å². The van der Waals surface area contributed by atoms with E-state index >= 15 is 0 Å². The maximum Gasteiger partial charge on any atom is 0.254 e. The zero-order valence-electron chi connectivity index (χ0n) is 14.5. The number of nitrogens with one attached hydrogen (secondary N) is 2. The second kappa shape index (κ2) is 9.32. The van der Waals surface area contributed by atoms with Gasteiger partial charge in [-0.05, 0) is 39.8 Å². The van der Waals surface area contributed by atoms with Crippen molar-refractivity contribution >= 4 is 11.8 Å². The summed E-state index contributed by atoms with van der Waals surface area (Å²) in [6, 6.07) is 3.39. The van der Waals surface area contributed by atoms with Gasteiger partial charge in [0.2, 0.25) is 5.91 Å². The van der Waals surface area contributed by atoms with Crippen LogP contribution in [0.3, 0.4) is 0 Å². The first-order chi connectivity index (χ1) is 11.2. The number of amides is 2. The van der Waals surface area contributed by atoms with Crippen LogP contribution in [0.1, 0.15) is 38.1 Å². The average Bonchev–Trinajstić information content (AvgIpc) is 2.48. The molecule has 5 nitrogen and oxygen atoms in total. The number of halogens is 2. The molecule has 0 atom stereocenters. The summed E-state index contributed by atoms with van der Waals surface area (Å²) in [5.41, 5.74) is -0.296. The smallest absolute Gasteiger partial charge is 0.254 e. The van der Waals surface area contributed by atoms with Gasteiger partial charge < -0.3 is 10.6 Å². The molecule has 7 heteroatoms. The van der Waals surface area contributed by atoms with Crippen LogP contribution in [0.15, 0.2) is 18.2 Å². The van der Waals surface area contributed by atoms with Gasteiger partial charge in [0.25, 0.3) is 5.91 Å². The predicted molar refractivity (Wildman–Crippen MR) is 88.7 cm³/mol. The molecule has 0 aromatic heterocycles. The van der Waals surface area contributed by atoms with Crippen LogP contribution >= 0.6 is 0 Å². The van der Waals surface area contributed by atoms with Crippen molar-refractivity contribution in [1.82, 2.24) is 15.5 Å². The normalized spacial score (nSPS) is 11.2. The van der Waals surface area contributed by atoms with Crippen LogP contribution in [-0.2, 0) is 4.79 Å². The minimum Gasteiger partial charge on any atom is -0.353 e. The Balaban J connectivity index is 2.39. The highest BCUT2D eigenvalue weighted by molar-refractivity contribution is 5.96. The van der Waals surface area contributed by atoms with Gasteiger partial charge in [-0.2, -0.15) is 0 Å². The van der Waals surface area contributed by atoms with Crippen molar-refractivity contribution in [2.75, 3.05) is 19.6 Å². The first-order valence-electron chi connectivity index (χ1n) is 7.98. The minimum atomic E-state index is -0.961. The van der Waals surface area contributed by atoms with Gasteiger partial charge in [0.15, 0.2) is 0 Å². The Morgan fingerprint density at radius 1 is 1.08 bits per heavy atom. The number of carbonyl (C=O) groups excluding carboxylic acids is 2. The first kappa shape index (κ1) is 20.0. The van der Waals surface area contributed by atoms with Gasteiger partial charge in [0.1, 0.15) is 11.6 Å². The number of hydrogen-bond donors (Lipinski definition) is 2. The fourth-order valence-corrected chi connectivity index (χ4v) is 2.43. The molecule has 0 aliphatic rings. The summed E-state index contributed by atoms with van der Waals surface area (Å²) in [7, 11) is 0. The fraction of sp³-hybridized carbons (Fsp3) is 0.529. The second-order valence-electron chi connectivity index (χ2n) is 6.08. The Morgan fingerprint density at radius 3 is 2.25 bits per heavy atom. The summed E-state index contributed by atoms with van der Waals surface area (Å²) in [6.45, 7) is 9.22. The average molecular weight is 341 g/mol. The molecule has 0 bridgehead atoms. The fourth-order valence-electron chi connectivity index (χ4n) is 2.43. The van der Waals surface area contributed by atoms with E-state index in [1.54, 1.807) is 0 Å². The molecule has 24 heavy (non-hydrogen) atoms. The Kier molecular flexibility index (Phi) is 7.78. The first-order valence-corrected chi connectivity index (χ1v) is 7.98. The maximum absolute atomic E-state index is 13.5. The van der Waals surface area contributed by atoms with E-state index in [1.165, 1.54) is 0 Å². The van der Waals surface area contributed by atoms with Gasteiger partial charge in [0, 0.05) is 31.2 Å². The van der Waals surface area contributed by atoms with E-state index in [2.05, 4.69) is 43.2 Å². The Hall–Kier alpha value is -2.02. The maximum atomic E-state index is 13.5. The van der Waals surface area contributed by atoms with Crippen LogP contribution < -0.4 is 10.6 Å². The lowest BCUT2D eigenvalue weighted by atomic mass is 10.2. The Bertz CT molecular complexity index is 569. The third-order valence-electron chi connectivity index (χ3n) is 3.60. The van der Waals surface area contributed by atoms with Gasteiger partial charge in [-0.3, -0.25) is 14.5 Å². The van der Waals surface area contributed by atoms with E-state index < -0.39 is 17.5 Å². The molecule has 0 saturated heterocycles. The molecule has 134 valence electrons. The van der Waals surface area contributed by atoms with Crippen molar-refractivity contribution in [3.8, 4) is 0 Å². The summed E-state index contributed by atoms with van der Waals surface area (Å²) >= 11 is 0. The van der Waals surface area contributed by atoms with Crippen LogP contribution in [0.25, 0.3) is 0 Å². The van der Waals surface area contributed by atoms with Crippen molar-refractivity contribution in [1.29, 1.82) is 0 Å². The summed E-state index contributed by atoms with van der Waals surface area (Å²) < 4.78 is 26.3. The zero-order chi connectivity index (χ0) is 18.3. The molecular formula is C17H25F2N3O2. The lowest BCUT2D eigenvalue weighted by Crippen LogP contribution is -2.44. The molecule has 0 unspecified atom stereocenters. The molecule has 1 aromatic rings. The van der Waals surface area contributed by atoms with E-state index in [9.17, 15) is 18.4 Å². The predicted octanol–water partition coefficient (Wildman–Crippen LogP) is 1.93. The molecule has 1 rings (SSSR count). The summed E-state index contributed by atoms with van der Waals surface area (Å²) in [6.07, 6.45) is 0. The third-order valence-corrected chi connectivity index (χ3v) is 3.60.